The molecule has 1 aliphatic heterocycles. The first kappa shape index (κ1) is 12.2. The summed E-state index contributed by atoms with van der Waals surface area (Å²) < 4.78 is 22.6. The summed E-state index contributed by atoms with van der Waals surface area (Å²) in [5.41, 5.74) is 0.743. The number of benzene rings is 1. The third-order valence-electron chi connectivity index (χ3n) is 2.67. The predicted molar refractivity (Wildman–Crippen MR) is 65.1 cm³/mol. The fourth-order valence-corrected chi connectivity index (χ4v) is 4.13. The van der Waals surface area contributed by atoms with Gasteiger partial charge in [-0.15, -0.1) is 0 Å². The van der Waals surface area contributed by atoms with Gasteiger partial charge in [-0.3, -0.25) is 0 Å². The lowest BCUT2D eigenvalue weighted by Crippen LogP contribution is -2.85. The molecule has 0 saturated carbocycles. The van der Waals surface area contributed by atoms with E-state index in [1.165, 1.54) is 0 Å². The van der Waals surface area contributed by atoms with E-state index >= 15 is 0 Å². The first-order valence-corrected chi connectivity index (χ1v) is 7.55. The SMILES string of the molecule is O=S1(=O)CCC([NH2+]c2c(Cl)cccc2Cl)C1. The third kappa shape index (κ3) is 2.69. The van der Waals surface area contributed by atoms with E-state index in [-0.39, 0.29) is 17.5 Å². The van der Waals surface area contributed by atoms with Crippen molar-refractivity contribution >= 4 is 38.7 Å². The maximum absolute atomic E-state index is 11.3. The quantitative estimate of drug-likeness (QED) is 0.832. The number of rotatable bonds is 2. The van der Waals surface area contributed by atoms with E-state index < -0.39 is 9.84 Å². The van der Waals surface area contributed by atoms with E-state index in [4.69, 9.17) is 23.2 Å². The van der Waals surface area contributed by atoms with Gasteiger partial charge in [-0.25, -0.2) is 8.42 Å². The Balaban J connectivity index is 2.16. The molecule has 0 aliphatic carbocycles. The maximum atomic E-state index is 11.3. The molecule has 16 heavy (non-hydrogen) atoms. The molecule has 88 valence electrons. The second-order valence-corrected chi connectivity index (χ2v) is 7.01. The van der Waals surface area contributed by atoms with Crippen LogP contribution in [-0.4, -0.2) is 26.0 Å². The van der Waals surface area contributed by atoms with Gasteiger partial charge in [-0.2, -0.15) is 0 Å². The first-order valence-electron chi connectivity index (χ1n) is 4.97. The third-order valence-corrected chi connectivity index (χ3v) is 5.12. The molecule has 1 heterocycles. The molecule has 0 amide bonds. The van der Waals surface area contributed by atoms with Crippen molar-refractivity contribution in [3.63, 3.8) is 0 Å². The van der Waals surface area contributed by atoms with Crippen LogP contribution in [0.3, 0.4) is 0 Å². The zero-order valence-corrected chi connectivity index (χ0v) is 10.8. The summed E-state index contributed by atoms with van der Waals surface area (Å²) in [7, 11) is -2.86. The Morgan fingerprint density at radius 2 is 1.88 bits per heavy atom. The van der Waals surface area contributed by atoms with Gasteiger partial charge in [-0.1, -0.05) is 29.3 Å². The minimum atomic E-state index is -2.86. The number of nitrogens with two attached hydrogens (primary N) is 1. The highest BCUT2D eigenvalue weighted by molar-refractivity contribution is 7.91. The highest BCUT2D eigenvalue weighted by Gasteiger charge is 2.31. The second kappa shape index (κ2) is 4.53. The smallest absolute Gasteiger partial charge is 0.167 e. The molecule has 1 aromatic carbocycles. The molecular formula is C10H12Cl2NO2S+. The van der Waals surface area contributed by atoms with Crippen LogP contribution >= 0.6 is 23.2 Å². The number of para-hydroxylation sites is 1. The predicted octanol–water partition coefficient (Wildman–Crippen LogP) is 1.38. The van der Waals surface area contributed by atoms with Crippen molar-refractivity contribution in [3.05, 3.63) is 28.2 Å². The van der Waals surface area contributed by atoms with Gasteiger partial charge >= 0.3 is 0 Å². The molecule has 0 spiro atoms. The summed E-state index contributed by atoms with van der Waals surface area (Å²) in [6.07, 6.45) is 0.657. The van der Waals surface area contributed by atoms with E-state index in [9.17, 15) is 8.42 Å². The van der Waals surface area contributed by atoms with Gasteiger partial charge in [0.1, 0.15) is 21.8 Å². The average molecular weight is 281 g/mol. The zero-order valence-electron chi connectivity index (χ0n) is 8.49. The maximum Gasteiger partial charge on any atom is 0.167 e. The van der Waals surface area contributed by atoms with E-state index in [2.05, 4.69) is 0 Å². The molecule has 1 aromatic rings. The standard InChI is InChI=1S/C10H11Cl2NO2S/c11-8-2-1-3-9(12)10(8)13-7-4-5-16(14,15)6-7/h1-3,7,13H,4-6H2/p+1. The highest BCUT2D eigenvalue weighted by atomic mass is 35.5. The largest absolute Gasteiger partial charge is 0.308 e. The second-order valence-electron chi connectivity index (χ2n) is 3.97. The molecule has 0 aromatic heterocycles. The minimum absolute atomic E-state index is 0.0300. The number of halogens is 2. The van der Waals surface area contributed by atoms with Crippen molar-refractivity contribution in [2.24, 2.45) is 0 Å². The van der Waals surface area contributed by atoms with E-state index in [0.29, 0.717) is 16.5 Å². The van der Waals surface area contributed by atoms with Crippen LogP contribution in [0.4, 0.5) is 5.69 Å². The van der Waals surface area contributed by atoms with E-state index in [0.717, 1.165) is 5.69 Å². The van der Waals surface area contributed by atoms with Crippen LogP contribution in [0.25, 0.3) is 0 Å². The Bertz CT molecular complexity index is 481. The van der Waals surface area contributed by atoms with Crippen LogP contribution in [0.5, 0.6) is 0 Å². The molecule has 2 N–H and O–H groups in total. The van der Waals surface area contributed by atoms with Crippen LogP contribution < -0.4 is 5.32 Å². The fraction of sp³-hybridized carbons (Fsp3) is 0.400. The Labute approximate surface area is 105 Å². The van der Waals surface area contributed by atoms with Crippen LogP contribution in [0, 0.1) is 0 Å². The van der Waals surface area contributed by atoms with Gasteiger partial charge < -0.3 is 5.32 Å². The van der Waals surface area contributed by atoms with Gasteiger partial charge in [-0.05, 0) is 12.1 Å². The van der Waals surface area contributed by atoms with Gasteiger partial charge in [0, 0.05) is 6.42 Å². The normalized spacial score (nSPS) is 23.5. The lowest BCUT2D eigenvalue weighted by atomic mass is 10.2. The average Bonchev–Trinajstić information content (AvgIpc) is 2.52. The van der Waals surface area contributed by atoms with Crippen LogP contribution in [0.1, 0.15) is 6.42 Å². The van der Waals surface area contributed by atoms with Gasteiger partial charge in [0.2, 0.25) is 0 Å². The number of hydrogen-bond acceptors (Lipinski definition) is 2. The Morgan fingerprint density at radius 3 is 2.38 bits per heavy atom. The Morgan fingerprint density at radius 1 is 1.25 bits per heavy atom. The monoisotopic (exact) mass is 280 g/mol. The molecule has 1 aliphatic rings. The van der Waals surface area contributed by atoms with Gasteiger partial charge in [0.15, 0.2) is 15.5 Å². The Hall–Kier alpha value is -0.290. The summed E-state index contributed by atoms with van der Waals surface area (Å²) >= 11 is 12.0. The lowest BCUT2D eigenvalue weighted by molar-refractivity contribution is -0.604. The summed E-state index contributed by atoms with van der Waals surface area (Å²) in [5, 5.41) is 3.00. The minimum Gasteiger partial charge on any atom is -0.308 e. The van der Waals surface area contributed by atoms with Crippen LogP contribution in [0.15, 0.2) is 18.2 Å². The summed E-state index contributed by atoms with van der Waals surface area (Å²) in [6.45, 7) is 0. The summed E-state index contributed by atoms with van der Waals surface area (Å²) in [6, 6.07) is 5.31. The van der Waals surface area contributed by atoms with E-state index in [1.54, 1.807) is 18.2 Å². The molecule has 1 fully saturated rings. The molecule has 0 bridgehead atoms. The van der Waals surface area contributed by atoms with Crippen LogP contribution in [-0.2, 0) is 9.84 Å². The van der Waals surface area contributed by atoms with Crippen molar-refractivity contribution in [1.82, 2.24) is 0 Å². The van der Waals surface area contributed by atoms with Crippen molar-refractivity contribution < 1.29 is 13.7 Å². The molecule has 6 heteroatoms. The van der Waals surface area contributed by atoms with Gasteiger partial charge in [0.05, 0.1) is 5.75 Å². The van der Waals surface area contributed by atoms with Crippen LogP contribution in [0.2, 0.25) is 10.0 Å². The number of hydrogen-bond donors (Lipinski definition) is 1. The fourth-order valence-electron chi connectivity index (χ4n) is 1.86. The number of quaternary nitrogens is 1. The highest BCUT2D eigenvalue weighted by Crippen LogP contribution is 2.26. The lowest BCUT2D eigenvalue weighted by Gasteiger charge is -2.09. The zero-order chi connectivity index (χ0) is 11.8. The molecule has 1 atom stereocenters. The molecule has 1 unspecified atom stereocenters. The topological polar surface area (TPSA) is 50.8 Å². The molecule has 0 radical (unpaired) electrons. The molecular weight excluding hydrogens is 269 g/mol. The molecule has 1 saturated heterocycles. The van der Waals surface area contributed by atoms with Gasteiger partial charge in [0.25, 0.3) is 0 Å². The van der Waals surface area contributed by atoms with Crippen molar-refractivity contribution in [3.8, 4) is 0 Å². The van der Waals surface area contributed by atoms with Crippen molar-refractivity contribution in [1.29, 1.82) is 0 Å². The summed E-state index contributed by atoms with van der Waals surface area (Å²) in [4.78, 5) is 0. The van der Waals surface area contributed by atoms with Crippen molar-refractivity contribution in [2.75, 3.05) is 11.5 Å². The first-order chi connectivity index (χ1) is 7.48. The van der Waals surface area contributed by atoms with Crippen molar-refractivity contribution in [2.45, 2.75) is 12.5 Å². The molecule has 2 rings (SSSR count). The Kier molecular flexibility index (Phi) is 3.45. The summed E-state index contributed by atoms with van der Waals surface area (Å²) in [5.74, 6) is 0.463. The number of sulfone groups is 1. The van der Waals surface area contributed by atoms with E-state index in [1.807, 2.05) is 5.32 Å². The molecule has 3 nitrogen and oxygen atoms in total.